The SMILES string of the molecule is Cc1cc(N2CCN(C)CC2)nc2ccc(NC(=O)c3cccc([N+](=O)[O-])c3)cc12. The molecule has 8 nitrogen and oxygen atoms in total. The van der Waals surface area contributed by atoms with Crippen molar-refractivity contribution in [3.05, 3.63) is 69.8 Å². The molecule has 4 rings (SSSR count). The Hall–Kier alpha value is -3.52. The Balaban J connectivity index is 1.57. The molecule has 0 aliphatic carbocycles. The molecule has 154 valence electrons. The normalized spacial score (nSPS) is 14.7. The molecular formula is C22H23N5O3. The third-order valence-corrected chi connectivity index (χ3v) is 5.41. The number of piperazine rings is 1. The minimum atomic E-state index is -0.514. The van der Waals surface area contributed by atoms with Crippen LogP contribution in [0.25, 0.3) is 10.9 Å². The van der Waals surface area contributed by atoms with Gasteiger partial charge in [0, 0.05) is 54.9 Å². The number of benzene rings is 2. The third kappa shape index (κ3) is 4.08. The Morgan fingerprint density at radius 1 is 1.10 bits per heavy atom. The number of hydrogen-bond acceptors (Lipinski definition) is 6. The number of nitro groups is 1. The maximum Gasteiger partial charge on any atom is 0.270 e. The van der Waals surface area contributed by atoms with Crippen LogP contribution in [0.2, 0.25) is 0 Å². The van der Waals surface area contributed by atoms with Gasteiger partial charge in [-0.1, -0.05) is 6.07 Å². The summed E-state index contributed by atoms with van der Waals surface area (Å²) in [6.07, 6.45) is 0. The zero-order chi connectivity index (χ0) is 21.3. The van der Waals surface area contributed by atoms with Gasteiger partial charge in [-0.2, -0.15) is 0 Å². The summed E-state index contributed by atoms with van der Waals surface area (Å²) in [5.41, 5.74) is 2.70. The molecule has 0 bridgehead atoms. The van der Waals surface area contributed by atoms with Gasteiger partial charge in [0.2, 0.25) is 0 Å². The Labute approximate surface area is 174 Å². The summed E-state index contributed by atoms with van der Waals surface area (Å²) in [7, 11) is 2.12. The van der Waals surface area contributed by atoms with Gasteiger partial charge < -0.3 is 15.1 Å². The van der Waals surface area contributed by atoms with Crippen molar-refractivity contribution in [3.8, 4) is 0 Å². The van der Waals surface area contributed by atoms with Gasteiger partial charge in [-0.05, 0) is 49.9 Å². The Bertz CT molecular complexity index is 1120. The first-order chi connectivity index (χ1) is 14.4. The van der Waals surface area contributed by atoms with Gasteiger partial charge in [0.05, 0.1) is 10.4 Å². The maximum atomic E-state index is 12.5. The minimum absolute atomic E-state index is 0.113. The first-order valence-electron chi connectivity index (χ1n) is 9.81. The quantitative estimate of drug-likeness (QED) is 0.528. The molecule has 1 fully saturated rings. The lowest BCUT2D eigenvalue weighted by molar-refractivity contribution is -0.384. The van der Waals surface area contributed by atoms with Gasteiger partial charge in [0.1, 0.15) is 5.82 Å². The first kappa shape index (κ1) is 19.8. The highest BCUT2D eigenvalue weighted by Crippen LogP contribution is 2.26. The second-order valence-corrected chi connectivity index (χ2v) is 7.58. The standard InChI is InChI=1S/C22H23N5O3/c1-15-12-21(26-10-8-25(2)9-11-26)24-20-7-6-17(14-19(15)20)23-22(28)16-4-3-5-18(13-16)27(29)30/h3-7,12-14H,8-11H2,1-2H3,(H,23,28). The number of aromatic nitrogens is 1. The second-order valence-electron chi connectivity index (χ2n) is 7.58. The van der Waals surface area contributed by atoms with E-state index in [1.54, 1.807) is 12.1 Å². The van der Waals surface area contributed by atoms with Crippen LogP contribution in [0, 0.1) is 17.0 Å². The van der Waals surface area contributed by atoms with E-state index in [0.29, 0.717) is 5.69 Å². The molecule has 1 saturated heterocycles. The average molecular weight is 405 g/mol. The predicted octanol–water partition coefficient (Wildman–Crippen LogP) is 3.46. The highest BCUT2D eigenvalue weighted by atomic mass is 16.6. The molecular weight excluding hydrogens is 382 g/mol. The topological polar surface area (TPSA) is 91.6 Å². The summed E-state index contributed by atoms with van der Waals surface area (Å²) in [4.78, 5) is 32.4. The van der Waals surface area contributed by atoms with Crippen LogP contribution in [0.1, 0.15) is 15.9 Å². The van der Waals surface area contributed by atoms with Crippen LogP contribution in [0.4, 0.5) is 17.2 Å². The molecule has 1 aliphatic heterocycles. The first-order valence-corrected chi connectivity index (χ1v) is 9.81. The number of nitrogens with zero attached hydrogens (tertiary/aromatic N) is 4. The summed E-state index contributed by atoms with van der Waals surface area (Å²) >= 11 is 0. The Morgan fingerprint density at radius 2 is 1.87 bits per heavy atom. The van der Waals surface area contributed by atoms with E-state index in [2.05, 4.69) is 28.2 Å². The van der Waals surface area contributed by atoms with Gasteiger partial charge in [-0.3, -0.25) is 14.9 Å². The number of carbonyl (C=O) groups excluding carboxylic acids is 1. The van der Waals surface area contributed by atoms with Crippen LogP contribution in [-0.4, -0.2) is 53.9 Å². The van der Waals surface area contributed by atoms with Crippen molar-refractivity contribution in [1.29, 1.82) is 0 Å². The molecule has 0 unspecified atom stereocenters. The summed E-state index contributed by atoms with van der Waals surface area (Å²) in [6.45, 7) is 5.97. The number of nitrogens with one attached hydrogen (secondary N) is 1. The van der Waals surface area contributed by atoms with Crippen molar-refractivity contribution < 1.29 is 9.72 Å². The van der Waals surface area contributed by atoms with Crippen LogP contribution in [0.15, 0.2) is 48.5 Å². The number of likely N-dealkylation sites (N-methyl/N-ethyl adjacent to an activating group) is 1. The smallest absolute Gasteiger partial charge is 0.270 e. The van der Waals surface area contributed by atoms with E-state index in [1.807, 2.05) is 19.1 Å². The van der Waals surface area contributed by atoms with Crippen LogP contribution in [0.5, 0.6) is 0 Å². The summed E-state index contributed by atoms with van der Waals surface area (Å²) in [5, 5.41) is 14.7. The molecule has 0 spiro atoms. The predicted molar refractivity (Wildman–Crippen MR) is 117 cm³/mol. The van der Waals surface area contributed by atoms with Gasteiger partial charge in [0.15, 0.2) is 0 Å². The van der Waals surface area contributed by atoms with Crippen molar-refractivity contribution in [3.63, 3.8) is 0 Å². The molecule has 2 heterocycles. The van der Waals surface area contributed by atoms with E-state index < -0.39 is 10.8 Å². The molecule has 1 aromatic heterocycles. The van der Waals surface area contributed by atoms with Crippen molar-refractivity contribution >= 4 is 34.0 Å². The van der Waals surface area contributed by atoms with Crippen LogP contribution < -0.4 is 10.2 Å². The number of aryl methyl sites for hydroxylation is 1. The summed E-state index contributed by atoms with van der Waals surface area (Å²) < 4.78 is 0. The van der Waals surface area contributed by atoms with Crippen molar-refractivity contribution in [2.45, 2.75) is 6.92 Å². The average Bonchev–Trinajstić information content (AvgIpc) is 2.74. The summed E-state index contributed by atoms with van der Waals surface area (Å²) in [5.74, 6) is 0.583. The fourth-order valence-electron chi connectivity index (χ4n) is 3.62. The number of nitro benzene ring substituents is 1. The maximum absolute atomic E-state index is 12.5. The highest BCUT2D eigenvalue weighted by molar-refractivity contribution is 6.05. The van der Waals surface area contributed by atoms with Crippen molar-refractivity contribution in [1.82, 2.24) is 9.88 Å². The van der Waals surface area contributed by atoms with Gasteiger partial charge in [-0.15, -0.1) is 0 Å². The zero-order valence-electron chi connectivity index (χ0n) is 17.0. The van der Waals surface area contributed by atoms with Gasteiger partial charge in [0.25, 0.3) is 11.6 Å². The molecule has 1 N–H and O–H groups in total. The second kappa shape index (κ2) is 8.08. The Morgan fingerprint density at radius 3 is 2.60 bits per heavy atom. The molecule has 0 radical (unpaired) electrons. The van der Waals surface area contributed by atoms with Gasteiger partial charge >= 0.3 is 0 Å². The number of rotatable bonds is 4. The van der Waals surface area contributed by atoms with Crippen LogP contribution in [-0.2, 0) is 0 Å². The zero-order valence-corrected chi connectivity index (χ0v) is 17.0. The number of amides is 1. The van der Waals surface area contributed by atoms with Gasteiger partial charge in [-0.25, -0.2) is 4.98 Å². The van der Waals surface area contributed by atoms with Crippen LogP contribution in [0.3, 0.4) is 0 Å². The lowest BCUT2D eigenvalue weighted by Gasteiger charge is -2.33. The lowest BCUT2D eigenvalue weighted by atomic mass is 10.1. The van der Waals surface area contributed by atoms with E-state index in [9.17, 15) is 14.9 Å². The third-order valence-electron chi connectivity index (χ3n) is 5.41. The molecule has 0 saturated carbocycles. The largest absolute Gasteiger partial charge is 0.354 e. The number of hydrogen-bond donors (Lipinski definition) is 1. The van der Waals surface area contributed by atoms with E-state index in [1.165, 1.54) is 18.2 Å². The monoisotopic (exact) mass is 405 g/mol. The molecule has 0 atom stereocenters. The molecule has 1 amide bonds. The fraction of sp³-hybridized carbons (Fsp3) is 0.273. The molecule has 3 aromatic rings. The number of anilines is 2. The molecule has 2 aromatic carbocycles. The summed E-state index contributed by atoms with van der Waals surface area (Å²) in [6, 6.07) is 13.4. The molecule has 30 heavy (non-hydrogen) atoms. The fourth-order valence-corrected chi connectivity index (χ4v) is 3.62. The minimum Gasteiger partial charge on any atom is -0.354 e. The van der Waals surface area contributed by atoms with E-state index in [4.69, 9.17) is 4.98 Å². The lowest BCUT2D eigenvalue weighted by Crippen LogP contribution is -2.44. The molecule has 8 heteroatoms. The van der Waals surface area contributed by atoms with E-state index in [-0.39, 0.29) is 11.3 Å². The van der Waals surface area contributed by atoms with Crippen molar-refractivity contribution in [2.24, 2.45) is 0 Å². The van der Waals surface area contributed by atoms with Crippen molar-refractivity contribution in [2.75, 3.05) is 43.4 Å². The number of fused-ring (bicyclic) bond motifs is 1. The number of pyridine rings is 1. The van der Waals surface area contributed by atoms with Crippen LogP contribution >= 0.6 is 0 Å². The van der Waals surface area contributed by atoms with E-state index >= 15 is 0 Å². The Kier molecular flexibility index (Phi) is 5.33. The number of carbonyl (C=O) groups is 1. The van der Waals surface area contributed by atoms with E-state index in [0.717, 1.165) is 48.5 Å². The number of non-ortho nitro benzene ring substituents is 1. The highest BCUT2D eigenvalue weighted by Gasteiger charge is 2.17. The molecule has 1 aliphatic rings.